The van der Waals surface area contributed by atoms with Crippen LogP contribution in [0.4, 0.5) is 0 Å². The molecule has 0 unspecified atom stereocenters. The molecule has 1 aromatic carbocycles. The number of hydrogen-bond acceptors (Lipinski definition) is 2. The van der Waals surface area contributed by atoms with Crippen LogP contribution in [0.25, 0.3) is 0 Å². The van der Waals surface area contributed by atoms with Crippen LogP contribution in [-0.2, 0) is 11.2 Å². The van der Waals surface area contributed by atoms with E-state index in [0.717, 1.165) is 19.4 Å². The molecule has 2 N–H and O–H groups in total. The lowest BCUT2D eigenvalue weighted by atomic mass is 10.0. The topological polar surface area (TPSA) is 49.3 Å². The summed E-state index contributed by atoms with van der Waals surface area (Å²) in [6.07, 6.45) is 2.63. The van der Waals surface area contributed by atoms with E-state index in [-0.39, 0.29) is 0 Å². The molecule has 1 aromatic rings. The summed E-state index contributed by atoms with van der Waals surface area (Å²) in [7, 11) is 0. The summed E-state index contributed by atoms with van der Waals surface area (Å²) in [6, 6.07) is 9.85. The molecule has 18 heavy (non-hydrogen) atoms. The normalized spacial score (nSPS) is 12.6. The van der Waals surface area contributed by atoms with Gasteiger partial charge < -0.3 is 10.4 Å². The average Bonchev–Trinajstić information content (AvgIpc) is 2.33. The van der Waals surface area contributed by atoms with E-state index in [9.17, 15) is 4.79 Å². The zero-order valence-electron chi connectivity index (χ0n) is 11.2. The fourth-order valence-corrected chi connectivity index (χ4v) is 1.96. The number of aryl methyl sites for hydroxylation is 1. The van der Waals surface area contributed by atoms with Crippen LogP contribution in [0.2, 0.25) is 0 Å². The van der Waals surface area contributed by atoms with Crippen molar-refractivity contribution in [2.45, 2.75) is 39.2 Å². The Morgan fingerprint density at radius 2 is 1.94 bits per heavy atom. The van der Waals surface area contributed by atoms with Crippen molar-refractivity contribution in [1.29, 1.82) is 0 Å². The van der Waals surface area contributed by atoms with Gasteiger partial charge in [0.15, 0.2) is 0 Å². The lowest BCUT2D eigenvalue weighted by Crippen LogP contribution is -2.38. The van der Waals surface area contributed by atoms with Crippen LogP contribution in [0.5, 0.6) is 0 Å². The monoisotopic (exact) mass is 249 g/mol. The van der Waals surface area contributed by atoms with Gasteiger partial charge in [0.25, 0.3) is 0 Å². The Bertz CT molecular complexity index is 349. The van der Waals surface area contributed by atoms with Gasteiger partial charge in [-0.15, -0.1) is 0 Å². The average molecular weight is 249 g/mol. The third-order valence-electron chi connectivity index (χ3n) is 2.88. The first kappa shape index (κ1) is 14.7. The molecule has 0 aliphatic carbocycles. The van der Waals surface area contributed by atoms with E-state index in [1.54, 1.807) is 0 Å². The maximum atomic E-state index is 11.0. The Morgan fingerprint density at radius 1 is 1.28 bits per heavy atom. The molecule has 0 bridgehead atoms. The number of carboxylic acid groups (broad SMARTS) is 1. The highest BCUT2D eigenvalue weighted by atomic mass is 16.4. The number of rotatable bonds is 8. The van der Waals surface area contributed by atoms with Gasteiger partial charge in [0.05, 0.1) is 0 Å². The second kappa shape index (κ2) is 7.88. The molecular weight excluding hydrogens is 226 g/mol. The third kappa shape index (κ3) is 5.82. The molecule has 0 heterocycles. The number of nitrogens with one attached hydrogen (secondary N) is 1. The minimum absolute atomic E-state index is 0.396. The molecule has 100 valence electrons. The van der Waals surface area contributed by atoms with Crippen LogP contribution in [0.3, 0.4) is 0 Å². The van der Waals surface area contributed by atoms with E-state index >= 15 is 0 Å². The zero-order chi connectivity index (χ0) is 13.4. The van der Waals surface area contributed by atoms with Gasteiger partial charge in [-0.3, -0.25) is 4.79 Å². The molecule has 0 saturated carbocycles. The van der Waals surface area contributed by atoms with Crippen LogP contribution >= 0.6 is 0 Å². The molecule has 0 amide bonds. The van der Waals surface area contributed by atoms with Gasteiger partial charge in [0.2, 0.25) is 0 Å². The lowest BCUT2D eigenvalue weighted by molar-refractivity contribution is -0.139. The van der Waals surface area contributed by atoms with Gasteiger partial charge in [-0.1, -0.05) is 44.2 Å². The molecule has 1 atom stereocenters. The van der Waals surface area contributed by atoms with Crippen molar-refractivity contribution < 1.29 is 9.90 Å². The van der Waals surface area contributed by atoms with Crippen molar-refractivity contribution in [2.24, 2.45) is 5.92 Å². The highest BCUT2D eigenvalue weighted by Crippen LogP contribution is 2.06. The number of carboxylic acids is 1. The Kier molecular flexibility index (Phi) is 6.44. The standard InChI is InChI=1S/C15H23NO2/c1-12(2)11-14(15(17)18)16-10-6-9-13-7-4-3-5-8-13/h3-5,7-8,12,14,16H,6,9-11H2,1-2H3,(H,17,18)/t14-/m0/s1. The Morgan fingerprint density at radius 3 is 2.50 bits per heavy atom. The number of benzene rings is 1. The van der Waals surface area contributed by atoms with E-state index in [1.807, 2.05) is 32.0 Å². The third-order valence-corrected chi connectivity index (χ3v) is 2.88. The second-order valence-electron chi connectivity index (χ2n) is 5.06. The molecule has 3 heteroatoms. The van der Waals surface area contributed by atoms with E-state index < -0.39 is 12.0 Å². The highest BCUT2D eigenvalue weighted by molar-refractivity contribution is 5.73. The summed E-state index contributed by atoms with van der Waals surface area (Å²) in [6.45, 7) is 4.84. The molecule has 0 aromatic heterocycles. The molecule has 0 radical (unpaired) electrons. The predicted octanol–water partition coefficient (Wildman–Crippen LogP) is 2.71. The Hall–Kier alpha value is -1.35. The summed E-state index contributed by atoms with van der Waals surface area (Å²) in [5.74, 6) is -0.351. The van der Waals surface area contributed by atoms with E-state index in [4.69, 9.17) is 5.11 Å². The van der Waals surface area contributed by atoms with E-state index in [0.29, 0.717) is 12.3 Å². The molecule has 1 rings (SSSR count). The maximum absolute atomic E-state index is 11.0. The quantitative estimate of drug-likeness (QED) is 0.696. The summed E-state index contributed by atoms with van der Waals surface area (Å²) in [5, 5.41) is 12.2. The first-order chi connectivity index (χ1) is 8.59. The molecule has 0 fully saturated rings. The largest absolute Gasteiger partial charge is 0.480 e. The van der Waals surface area contributed by atoms with Crippen LogP contribution < -0.4 is 5.32 Å². The van der Waals surface area contributed by atoms with Crippen molar-refractivity contribution in [2.75, 3.05) is 6.54 Å². The fourth-order valence-electron chi connectivity index (χ4n) is 1.96. The summed E-state index contributed by atoms with van der Waals surface area (Å²) >= 11 is 0. The SMILES string of the molecule is CC(C)C[C@H](NCCCc1ccccc1)C(=O)O. The lowest BCUT2D eigenvalue weighted by Gasteiger charge is -2.16. The van der Waals surface area contributed by atoms with Gasteiger partial charge in [0, 0.05) is 0 Å². The van der Waals surface area contributed by atoms with Gasteiger partial charge in [-0.25, -0.2) is 0 Å². The number of hydrogen-bond donors (Lipinski definition) is 2. The Labute approximate surface area is 109 Å². The molecule has 0 aliphatic heterocycles. The van der Waals surface area contributed by atoms with Gasteiger partial charge in [-0.05, 0) is 37.3 Å². The maximum Gasteiger partial charge on any atom is 0.320 e. The number of carbonyl (C=O) groups is 1. The fraction of sp³-hybridized carbons (Fsp3) is 0.533. The molecule has 0 saturated heterocycles. The van der Waals surface area contributed by atoms with Gasteiger partial charge in [0.1, 0.15) is 6.04 Å². The summed E-state index contributed by atoms with van der Waals surface area (Å²) in [4.78, 5) is 11.0. The number of aliphatic carboxylic acids is 1. The van der Waals surface area contributed by atoms with Crippen molar-refractivity contribution in [3.63, 3.8) is 0 Å². The summed E-state index contributed by atoms with van der Waals surface area (Å²) in [5.41, 5.74) is 1.30. The minimum atomic E-state index is -0.747. The van der Waals surface area contributed by atoms with Crippen LogP contribution in [-0.4, -0.2) is 23.7 Å². The molecule has 0 aliphatic rings. The first-order valence-electron chi connectivity index (χ1n) is 6.59. The van der Waals surface area contributed by atoms with Gasteiger partial charge >= 0.3 is 5.97 Å². The van der Waals surface area contributed by atoms with Crippen molar-refractivity contribution >= 4 is 5.97 Å². The highest BCUT2D eigenvalue weighted by Gasteiger charge is 2.17. The first-order valence-corrected chi connectivity index (χ1v) is 6.59. The van der Waals surface area contributed by atoms with E-state index in [2.05, 4.69) is 17.4 Å². The zero-order valence-corrected chi connectivity index (χ0v) is 11.2. The smallest absolute Gasteiger partial charge is 0.320 e. The van der Waals surface area contributed by atoms with Crippen molar-refractivity contribution in [3.05, 3.63) is 35.9 Å². The van der Waals surface area contributed by atoms with Gasteiger partial charge in [-0.2, -0.15) is 0 Å². The van der Waals surface area contributed by atoms with Crippen molar-refractivity contribution in [3.8, 4) is 0 Å². The Balaban J connectivity index is 2.25. The minimum Gasteiger partial charge on any atom is -0.480 e. The van der Waals surface area contributed by atoms with Crippen LogP contribution in [0.15, 0.2) is 30.3 Å². The molecule has 0 spiro atoms. The van der Waals surface area contributed by atoms with E-state index in [1.165, 1.54) is 5.56 Å². The van der Waals surface area contributed by atoms with Crippen molar-refractivity contribution in [1.82, 2.24) is 5.32 Å². The predicted molar refractivity (Wildman–Crippen MR) is 73.6 cm³/mol. The molecule has 3 nitrogen and oxygen atoms in total. The molecular formula is C15H23NO2. The van der Waals surface area contributed by atoms with Crippen LogP contribution in [0.1, 0.15) is 32.3 Å². The summed E-state index contributed by atoms with van der Waals surface area (Å²) < 4.78 is 0. The van der Waals surface area contributed by atoms with Crippen LogP contribution in [0, 0.1) is 5.92 Å². The second-order valence-corrected chi connectivity index (χ2v) is 5.06.